The smallest absolute Gasteiger partial charge is 0.403 e. The van der Waals surface area contributed by atoms with Gasteiger partial charge in [-0.1, -0.05) is 60.4 Å². The van der Waals surface area contributed by atoms with Gasteiger partial charge < -0.3 is 4.42 Å². The molecule has 1 saturated heterocycles. The number of aromatic nitrogens is 2. The number of rotatable bonds is 4. The predicted octanol–water partition coefficient (Wildman–Crippen LogP) is 6.03. The van der Waals surface area contributed by atoms with E-state index in [1.165, 1.54) is 0 Å². The van der Waals surface area contributed by atoms with E-state index in [0.717, 1.165) is 16.7 Å². The largest absolute Gasteiger partial charge is 0.436 e. The third-order valence-corrected chi connectivity index (χ3v) is 6.36. The molecule has 1 unspecified atom stereocenters. The van der Waals surface area contributed by atoms with Gasteiger partial charge in [-0.25, -0.2) is 9.65 Å². The van der Waals surface area contributed by atoms with Crippen LogP contribution in [0.3, 0.4) is 0 Å². The molecule has 9 heteroatoms. The molecule has 1 aromatic heterocycles. The summed E-state index contributed by atoms with van der Waals surface area (Å²) in [6.45, 7) is 6.19. The Bertz CT molecular complexity index is 1050. The summed E-state index contributed by atoms with van der Waals surface area (Å²) >= 11 is 5.99. The molecule has 1 aliphatic heterocycles. The fraction of sp³-hybridized carbons (Fsp3) is 0.300. The van der Waals surface area contributed by atoms with E-state index >= 15 is 0 Å². The molecule has 2 heterocycles. The molecule has 7 nitrogen and oxygen atoms in total. The zero-order valence-electron chi connectivity index (χ0n) is 16.3. The Morgan fingerprint density at radius 3 is 2.48 bits per heavy atom. The number of halogens is 1. The van der Waals surface area contributed by atoms with Gasteiger partial charge in [0.05, 0.1) is 6.61 Å². The highest BCUT2D eigenvalue weighted by atomic mass is 35.5. The fourth-order valence-electron chi connectivity index (χ4n) is 3.05. The first-order valence-electron chi connectivity index (χ1n) is 9.11. The number of hydrogen-bond donors (Lipinski definition) is 1. The van der Waals surface area contributed by atoms with Gasteiger partial charge in [0.1, 0.15) is 6.10 Å². The van der Waals surface area contributed by atoms with Gasteiger partial charge in [0.25, 0.3) is 0 Å². The van der Waals surface area contributed by atoms with Gasteiger partial charge in [0, 0.05) is 16.0 Å². The van der Waals surface area contributed by atoms with Crippen LogP contribution in [0.15, 0.2) is 52.9 Å². The maximum Gasteiger partial charge on any atom is 0.436 e. The summed E-state index contributed by atoms with van der Waals surface area (Å²) < 4.78 is 30.3. The van der Waals surface area contributed by atoms with Crippen LogP contribution in [0.4, 0.5) is 6.01 Å². The summed E-state index contributed by atoms with van der Waals surface area (Å²) in [5, 5.41) is 11.2. The van der Waals surface area contributed by atoms with E-state index in [-0.39, 0.29) is 12.6 Å². The summed E-state index contributed by atoms with van der Waals surface area (Å²) in [5.41, 5.74) is 2.34. The Morgan fingerprint density at radius 2 is 1.79 bits per heavy atom. The topological polar surface area (TPSA) is 86.5 Å². The van der Waals surface area contributed by atoms with E-state index in [1.807, 2.05) is 57.2 Å². The Morgan fingerprint density at radius 1 is 1.10 bits per heavy atom. The Hall–Kier alpha value is -2.18. The summed E-state index contributed by atoms with van der Waals surface area (Å²) in [4.78, 5) is 0. The molecule has 4 rings (SSSR count). The lowest BCUT2D eigenvalue weighted by atomic mass is 9.83. The van der Waals surface area contributed by atoms with Crippen molar-refractivity contribution in [1.29, 1.82) is 0 Å². The average Bonchev–Trinajstić information content (AvgIpc) is 3.13. The lowest BCUT2D eigenvalue weighted by Crippen LogP contribution is -2.34. The minimum absolute atomic E-state index is 0.0292. The molecule has 0 radical (unpaired) electrons. The summed E-state index contributed by atoms with van der Waals surface area (Å²) in [7, 11) is -3.71. The predicted molar refractivity (Wildman–Crippen MR) is 111 cm³/mol. The van der Waals surface area contributed by atoms with Gasteiger partial charge in [0.15, 0.2) is 0 Å². The Labute approximate surface area is 174 Å². The van der Waals surface area contributed by atoms with Gasteiger partial charge in [-0.15, -0.1) is 5.10 Å². The van der Waals surface area contributed by atoms with Gasteiger partial charge in [0.2, 0.25) is 5.89 Å². The van der Waals surface area contributed by atoms with Crippen molar-refractivity contribution >= 4 is 25.4 Å². The van der Waals surface area contributed by atoms with Gasteiger partial charge in [-0.05, 0) is 36.8 Å². The Kier molecular flexibility index (Phi) is 5.25. The molecule has 3 aromatic rings. The lowest BCUT2D eigenvalue weighted by molar-refractivity contribution is -0.0250. The lowest BCUT2D eigenvalue weighted by Gasteiger charge is -2.41. The molecule has 2 atom stereocenters. The van der Waals surface area contributed by atoms with Crippen LogP contribution in [-0.2, 0) is 13.6 Å². The standard InChI is InChI=1S/C20H21ClN3O4P/c1-13-4-6-15(7-5-13)18-22-23-19(27-18)24-29(25)26-12-20(2,3)17(28-29)14-8-10-16(21)11-9-14/h4-11,17H,12H2,1-3H3,(H,23,24,25)/t17-,29?/m0/s1. The molecule has 0 spiro atoms. The third kappa shape index (κ3) is 4.38. The molecule has 0 saturated carbocycles. The quantitative estimate of drug-likeness (QED) is 0.502. The van der Waals surface area contributed by atoms with Crippen molar-refractivity contribution < 1.29 is 18.0 Å². The number of nitrogens with one attached hydrogen (secondary N) is 1. The van der Waals surface area contributed by atoms with Gasteiger partial charge in [-0.3, -0.25) is 9.05 Å². The van der Waals surface area contributed by atoms with E-state index < -0.39 is 19.3 Å². The van der Waals surface area contributed by atoms with Crippen molar-refractivity contribution in [3.05, 3.63) is 64.7 Å². The molecule has 2 aromatic carbocycles. The summed E-state index contributed by atoms with van der Waals surface area (Å²) in [6.07, 6.45) is -0.466. The molecule has 152 valence electrons. The molecule has 0 bridgehead atoms. The van der Waals surface area contributed by atoms with E-state index in [0.29, 0.717) is 10.9 Å². The molecular formula is C20H21ClN3O4P. The second-order valence-corrected chi connectivity index (χ2v) is 9.81. The van der Waals surface area contributed by atoms with E-state index in [1.54, 1.807) is 12.1 Å². The molecule has 1 N–H and O–H groups in total. The van der Waals surface area contributed by atoms with Crippen molar-refractivity contribution in [2.45, 2.75) is 26.9 Å². The number of benzene rings is 2. The van der Waals surface area contributed by atoms with E-state index in [4.69, 9.17) is 25.1 Å². The zero-order chi connectivity index (χ0) is 20.6. The van der Waals surface area contributed by atoms with Crippen LogP contribution in [0.25, 0.3) is 11.5 Å². The van der Waals surface area contributed by atoms with Gasteiger partial charge in [-0.2, -0.15) is 0 Å². The SMILES string of the molecule is Cc1ccc(-c2nnc(NP3(=O)OCC(C)(C)[C@H](c4ccc(Cl)cc4)O3)o2)cc1. The van der Waals surface area contributed by atoms with Crippen molar-refractivity contribution in [2.24, 2.45) is 5.41 Å². The van der Waals surface area contributed by atoms with Crippen LogP contribution in [-0.4, -0.2) is 16.8 Å². The first kappa shape index (κ1) is 20.1. The Balaban J connectivity index is 1.55. The number of hydrogen-bond acceptors (Lipinski definition) is 6. The zero-order valence-corrected chi connectivity index (χ0v) is 17.9. The highest BCUT2D eigenvalue weighted by Gasteiger charge is 2.46. The maximum atomic E-state index is 13.2. The molecular weight excluding hydrogens is 413 g/mol. The maximum absolute atomic E-state index is 13.2. The van der Waals surface area contributed by atoms with E-state index in [2.05, 4.69) is 15.3 Å². The van der Waals surface area contributed by atoms with Crippen molar-refractivity contribution in [3.8, 4) is 11.5 Å². The fourth-order valence-corrected chi connectivity index (χ4v) is 4.86. The van der Waals surface area contributed by atoms with Crippen molar-refractivity contribution in [3.63, 3.8) is 0 Å². The normalized spacial score (nSPS) is 23.7. The highest BCUT2D eigenvalue weighted by Crippen LogP contribution is 2.60. The highest BCUT2D eigenvalue weighted by molar-refractivity contribution is 7.55. The van der Waals surface area contributed by atoms with E-state index in [9.17, 15) is 4.57 Å². The summed E-state index contributed by atoms with van der Waals surface area (Å²) in [6, 6.07) is 14.9. The monoisotopic (exact) mass is 433 g/mol. The molecule has 1 fully saturated rings. The minimum atomic E-state index is -3.71. The average molecular weight is 434 g/mol. The molecule has 0 aliphatic carbocycles. The van der Waals surface area contributed by atoms with Crippen LogP contribution in [0.1, 0.15) is 31.1 Å². The van der Waals surface area contributed by atoms with Crippen LogP contribution >= 0.6 is 19.3 Å². The van der Waals surface area contributed by atoms with Crippen LogP contribution in [0, 0.1) is 12.3 Å². The van der Waals surface area contributed by atoms with Crippen LogP contribution < -0.4 is 5.09 Å². The second kappa shape index (κ2) is 7.58. The van der Waals surface area contributed by atoms with Crippen molar-refractivity contribution in [1.82, 2.24) is 10.2 Å². The number of anilines is 1. The van der Waals surface area contributed by atoms with Crippen LogP contribution in [0.5, 0.6) is 0 Å². The number of nitrogens with zero attached hydrogens (tertiary/aromatic N) is 2. The molecule has 0 amide bonds. The molecule has 29 heavy (non-hydrogen) atoms. The number of aryl methyl sites for hydroxylation is 1. The van der Waals surface area contributed by atoms with Crippen molar-refractivity contribution in [2.75, 3.05) is 11.7 Å². The second-order valence-electron chi connectivity index (χ2n) is 7.69. The minimum Gasteiger partial charge on any atom is -0.403 e. The first-order chi connectivity index (χ1) is 13.7. The first-order valence-corrected chi connectivity index (χ1v) is 11.0. The van der Waals surface area contributed by atoms with Gasteiger partial charge >= 0.3 is 13.8 Å². The third-order valence-electron chi connectivity index (χ3n) is 4.69. The van der Waals surface area contributed by atoms with Crippen LogP contribution in [0.2, 0.25) is 5.02 Å². The summed E-state index contributed by atoms with van der Waals surface area (Å²) in [5.74, 6) is 0.311. The molecule has 1 aliphatic rings.